The predicted octanol–water partition coefficient (Wildman–Crippen LogP) is 1.33. The number of halogens is 6. The largest absolute Gasteiger partial charge is 0.448 e. The number of hydrogen-bond donors (Lipinski definition) is 3. The summed E-state index contributed by atoms with van der Waals surface area (Å²) in [4.78, 5) is 3.32. The molecule has 0 aromatic heterocycles. The van der Waals surface area contributed by atoms with Gasteiger partial charge in [-0.15, -0.1) is 0 Å². The summed E-state index contributed by atoms with van der Waals surface area (Å²) in [6.07, 6.45) is -8.02. The zero-order valence-corrected chi connectivity index (χ0v) is 12.1. The highest BCUT2D eigenvalue weighted by molar-refractivity contribution is 5.95. The van der Waals surface area contributed by atoms with E-state index in [0.29, 0.717) is 0 Å². The van der Waals surface area contributed by atoms with Crippen LogP contribution in [-0.4, -0.2) is 53.2 Å². The monoisotopic (exact) mass is 361 g/mol. The highest BCUT2D eigenvalue weighted by atomic mass is 19.3. The third-order valence-corrected chi connectivity index (χ3v) is 2.95. The van der Waals surface area contributed by atoms with Gasteiger partial charge in [-0.25, -0.2) is 31.3 Å². The lowest BCUT2D eigenvalue weighted by molar-refractivity contribution is -0.0792. The van der Waals surface area contributed by atoms with E-state index in [4.69, 9.17) is 5.11 Å². The van der Waals surface area contributed by atoms with Gasteiger partial charge in [0.05, 0.1) is 6.04 Å². The maximum absolute atomic E-state index is 13.6. The minimum Gasteiger partial charge on any atom is -0.448 e. The van der Waals surface area contributed by atoms with Crippen molar-refractivity contribution in [1.29, 1.82) is 0 Å². The standard InChI is InChI=1S/C12H9F6NO3.CH4O/c13-3-1-4(14)9(16)7(8(3)15)12-19-5(2-6(20)22-12)10(21)11(17)18;1-2/h1,5-6,10-11,20-21H,2H2;2H,1H3. The Labute approximate surface area is 131 Å². The molecule has 1 aromatic rings. The number of hydrogen-bond acceptors (Lipinski definition) is 5. The van der Waals surface area contributed by atoms with Crippen molar-refractivity contribution in [2.24, 2.45) is 4.99 Å². The Morgan fingerprint density at radius 1 is 1.12 bits per heavy atom. The molecule has 1 heterocycles. The normalized spacial score (nSPS) is 21.5. The van der Waals surface area contributed by atoms with Gasteiger partial charge < -0.3 is 20.1 Å². The Balaban J connectivity index is 0.00000139. The van der Waals surface area contributed by atoms with Crippen molar-refractivity contribution in [1.82, 2.24) is 0 Å². The lowest BCUT2D eigenvalue weighted by Gasteiger charge is -2.28. The average molecular weight is 361 g/mol. The molecule has 11 heteroatoms. The molecule has 1 aliphatic rings. The second-order valence-electron chi connectivity index (χ2n) is 4.48. The summed E-state index contributed by atoms with van der Waals surface area (Å²) in [5.41, 5.74) is -1.39. The topological polar surface area (TPSA) is 82.3 Å². The van der Waals surface area contributed by atoms with E-state index in [1.54, 1.807) is 0 Å². The molecule has 0 amide bonds. The summed E-state index contributed by atoms with van der Waals surface area (Å²) < 4.78 is 82.9. The Hall–Kier alpha value is -1.85. The highest BCUT2D eigenvalue weighted by Gasteiger charge is 2.36. The number of alkyl halides is 2. The number of ether oxygens (including phenoxy) is 1. The van der Waals surface area contributed by atoms with Crippen molar-refractivity contribution >= 4 is 5.90 Å². The molecule has 0 saturated heterocycles. The zero-order valence-electron chi connectivity index (χ0n) is 12.1. The smallest absolute Gasteiger partial charge is 0.266 e. The van der Waals surface area contributed by atoms with Gasteiger partial charge in [-0.2, -0.15) is 0 Å². The Morgan fingerprint density at radius 2 is 1.62 bits per heavy atom. The molecule has 1 aromatic carbocycles. The van der Waals surface area contributed by atoms with Crippen LogP contribution in [-0.2, 0) is 4.74 Å². The molecule has 1 aliphatic heterocycles. The van der Waals surface area contributed by atoms with Crippen LogP contribution in [0.2, 0.25) is 0 Å². The third-order valence-electron chi connectivity index (χ3n) is 2.95. The van der Waals surface area contributed by atoms with Crippen molar-refractivity contribution in [3.05, 3.63) is 34.9 Å². The molecule has 136 valence electrons. The van der Waals surface area contributed by atoms with E-state index in [-0.39, 0.29) is 6.07 Å². The van der Waals surface area contributed by atoms with E-state index in [1.165, 1.54) is 0 Å². The third kappa shape index (κ3) is 4.16. The number of benzene rings is 1. The lowest BCUT2D eigenvalue weighted by atomic mass is 10.1. The summed E-state index contributed by atoms with van der Waals surface area (Å²) >= 11 is 0. The Bertz CT molecular complexity index is 586. The SMILES string of the molecule is CO.OC1CC(C(O)C(F)F)N=C(c2c(F)c(F)cc(F)c2F)O1. The van der Waals surface area contributed by atoms with Gasteiger partial charge in [0.25, 0.3) is 6.43 Å². The van der Waals surface area contributed by atoms with Gasteiger partial charge in [-0.3, -0.25) is 0 Å². The van der Waals surface area contributed by atoms with Crippen molar-refractivity contribution < 1.29 is 46.4 Å². The maximum atomic E-state index is 13.6. The first-order valence-electron chi connectivity index (χ1n) is 6.39. The summed E-state index contributed by atoms with van der Waals surface area (Å²) in [7, 11) is 1.00. The first kappa shape index (κ1) is 20.2. The molecular weight excluding hydrogens is 348 g/mol. The lowest BCUT2D eigenvalue weighted by Crippen LogP contribution is -2.40. The van der Waals surface area contributed by atoms with Crippen molar-refractivity contribution in [2.75, 3.05) is 7.11 Å². The molecule has 3 unspecified atom stereocenters. The summed E-state index contributed by atoms with van der Waals surface area (Å²) in [6, 6.07) is -1.72. The fourth-order valence-electron chi connectivity index (χ4n) is 1.89. The van der Waals surface area contributed by atoms with Crippen molar-refractivity contribution in [3.63, 3.8) is 0 Å². The second kappa shape index (κ2) is 8.31. The van der Waals surface area contributed by atoms with Gasteiger partial charge in [-0.1, -0.05) is 0 Å². The van der Waals surface area contributed by atoms with E-state index < -0.39 is 66.0 Å². The summed E-state index contributed by atoms with van der Waals surface area (Å²) in [6.45, 7) is 0. The number of aliphatic hydroxyl groups excluding tert-OH is 3. The zero-order chi connectivity index (χ0) is 18.6. The highest BCUT2D eigenvalue weighted by Crippen LogP contribution is 2.26. The van der Waals surface area contributed by atoms with Gasteiger partial charge in [0, 0.05) is 19.6 Å². The average Bonchev–Trinajstić information content (AvgIpc) is 2.54. The van der Waals surface area contributed by atoms with Crippen LogP contribution in [0.1, 0.15) is 12.0 Å². The fraction of sp³-hybridized carbons (Fsp3) is 0.462. The number of rotatable bonds is 3. The van der Waals surface area contributed by atoms with Gasteiger partial charge in [0.15, 0.2) is 23.3 Å². The van der Waals surface area contributed by atoms with Gasteiger partial charge in [0.1, 0.15) is 11.7 Å². The quantitative estimate of drug-likeness (QED) is 0.561. The Morgan fingerprint density at radius 3 is 2.08 bits per heavy atom. The molecule has 0 spiro atoms. The summed E-state index contributed by atoms with van der Waals surface area (Å²) in [5, 5.41) is 25.6. The predicted molar refractivity (Wildman–Crippen MR) is 68.5 cm³/mol. The molecule has 5 nitrogen and oxygen atoms in total. The fourth-order valence-corrected chi connectivity index (χ4v) is 1.89. The number of aliphatic hydroxyl groups is 3. The molecular formula is C13H13F6NO4. The van der Waals surface area contributed by atoms with Crippen molar-refractivity contribution in [3.8, 4) is 0 Å². The molecule has 0 radical (unpaired) electrons. The molecule has 3 atom stereocenters. The first-order chi connectivity index (χ1) is 11.2. The summed E-state index contributed by atoms with van der Waals surface area (Å²) in [5.74, 6) is -8.36. The molecule has 0 aliphatic carbocycles. The van der Waals surface area contributed by atoms with Crippen LogP contribution in [0.15, 0.2) is 11.1 Å². The van der Waals surface area contributed by atoms with Crippen LogP contribution in [0.3, 0.4) is 0 Å². The molecule has 0 saturated carbocycles. The Kier molecular flexibility index (Phi) is 6.99. The molecule has 24 heavy (non-hydrogen) atoms. The van der Waals surface area contributed by atoms with Gasteiger partial charge in [-0.05, 0) is 0 Å². The van der Waals surface area contributed by atoms with Crippen LogP contribution in [0.25, 0.3) is 0 Å². The van der Waals surface area contributed by atoms with E-state index >= 15 is 0 Å². The van der Waals surface area contributed by atoms with Gasteiger partial charge in [0.2, 0.25) is 12.2 Å². The van der Waals surface area contributed by atoms with Crippen LogP contribution >= 0.6 is 0 Å². The second-order valence-corrected chi connectivity index (χ2v) is 4.48. The van der Waals surface area contributed by atoms with E-state index in [9.17, 15) is 36.6 Å². The molecule has 3 N–H and O–H groups in total. The minimum atomic E-state index is -3.25. The van der Waals surface area contributed by atoms with Crippen LogP contribution in [0.5, 0.6) is 0 Å². The van der Waals surface area contributed by atoms with E-state index in [2.05, 4.69) is 9.73 Å². The van der Waals surface area contributed by atoms with Gasteiger partial charge >= 0.3 is 0 Å². The van der Waals surface area contributed by atoms with E-state index in [1.807, 2.05) is 0 Å². The molecule has 0 fully saturated rings. The van der Waals surface area contributed by atoms with Crippen LogP contribution in [0, 0.1) is 23.3 Å². The van der Waals surface area contributed by atoms with Crippen molar-refractivity contribution in [2.45, 2.75) is 31.3 Å². The molecule has 2 rings (SSSR count). The maximum Gasteiger partial charge on any atom is 0.266 e. The first-order valence-corrected chi connectivity index (χ1v) is 6.39. The molecule has 0 bridgehead atoms. The number of aliphatic imine (C=N–C) groups is 1. The minimum absolute atomic E-state index is 0.0561. The number of nitrogens with zero attached hydrogens (tertiary/aromatic N) is 1. The van der Waals surface area contributed by atoms with Crippen LogP contribution in [0.4, 0.5) is 26.3 Å². The van der Waals surface area contributed by atoms with E-state index in [0.717, 1.165) is 7.11 Å². The van der Waals surface area contributed by atoms with Crippen LogP contribution < -0.4 is 0 Å².